The van der Waals surface area contributed by atoms with E-state index in [2.05, 4.69) is 53.1 Å². The quantitative estimate of drug-likeness (QED) is 0.714. The molecule has 1 aliphatic heterocycles. The molecular weight excluding hydrogens is 336 g/mol. The van der Waals surface area contributed by atoms with Crippen molar-refractivity contribution in [1.82, 2.24) is 19.9 Å². The summed E-state index contributed by atoms with van der Waals surface area (Å²) in [5.41, 5.74) is 2.66. The standard InChI is InChI=1S/C22H22N4O/c1-22(2)15-26(14-19(22)16-7-4-3-5-8-16)21(27)18-12-24-20(25-13-18)17-9-6-10-23-11-17/h3-13,19H,14-15H2,1-2H3. The Bertz CT molecular complexity index is 924. The number of pyridine rings is 1. The molecule has 1 aromatic carbocycles. The van der Waals surface area contributed by atoms with Gasteiger partial charge in [0, 0.05) is 49.4 Å². The maximum Gasteiger partial charge on any atom is 0.257 e. The van der Waals surface area contributed by atoms with Crippen molar-refractivity contribution in [2.75, 3.05) is 13.1 Å². The normalized spacial score (nSPS) is 18.4. The van der Waals surface area contributed by atoms with E-state index in [4.69, 9.17) is 0 Å². The van der Waals surface area contributed by atoms with E-state index in [1.165, 1.54) is 5.56 Å². The largest absolute Gasteiger partial charge is 0.337 e. The number of amides is 1. The van der Waals surface area contributed by atoms with Gasteiger partial charge in [-0.25, -0.2) is 9.97 Å². The number of aromatic nitrogens is 3. The number of benzene rings is 1. The smallest absolute Gasteiger partial charge is 0.257 e. The van der Waals surface area contributed by atoms with Crippen LogP contribution in [0.2, 0.25) is 0 Å². The first-order valence-electron chi connectivity index (χ1n) is 9.11. The van der Waals surface area contributed by atoms with Crippen molar-refractivity contribution < 1.29 is 4.79 Å². The number of carbonyl (C=O) groups is 1. The molecule has 136 valence electrons. The van der Waals surface area contributed by atoms with Crippen molar-refractivity contribution in [3.63, 3.8) is 0 Å². The first-order chi connectivity index (χ1) is 13.0. The molecule has 0 aliphatic carbocycles. The Balaban J connectivity index is 1.53. The van der Waals surface area contributed by atoms with Gasteiger partial charge in [-0.05, 0) is 23.1 Å². The van der Waals surface area contributed by atoms with Crippen molar-refractivity contribution in [2.24, 2.45) is 5.41 Å². The summed E-state index contributed by atoms with van der Waals surface area (Å²) in [6.45, 7) is 5.87. The lowest BCUT2D eigenvalue weighted by Crippen LogP contribution is -2.30. The topological polar surface area (TPSA) is 59.0 Å². The highest BCUT2D eigenvalue weighted by molar-refractivity contribution is 5.94. The minimum Gasteiger partial charge on any atom is -0.337 e. The summed E-state index contributed by atoms with van der Waals surface area (Å²) in [5, 5.41) is 0. The van der Waals surface area contributed by atoms with E-state index in [1.807, 2.05) is 23.1 Å². The summed E-state index contributed by atoms with van der Waals surface area (Å²) in [7, 11) is 0. The van der Waals surface area contributed by atoms with E-state index >= 15 is 0 Å². The van der Waals surface area contributed by atoms with Gasteiger partial charge in [-0.2, -0.15) is 0 Å². The van der Waals surface area contributed by atoms with Crippen LogP contribution < -0.4 is 0 Å². The fourth-order valence-corrected chi connectivity index (χ4v) is 3.80. The fraction of sp³-hybridized carbons (Fsp3) is 0.273. The highest BCUT2D eigenvalue weighted by atomic mass is 16.2. The molecule has 0 bridgehead atoms. The molecule has 27 heavy (non-hydrogen) atoms. The van der Waals surface area contributed by atoms with Gasteiger partial charge < -0.3 is 4.90 Å². The van der Waals surface area contributed by atoms with Crippen LogP contribution in [0, 0.1) is 5.41 Å². The monoisotopic (exact) mass is 358 g/mol. The number of rotatable bonds is 3. The van der Waals surface area contributed by atoms with Crippen LogP contribution in [0.4, 0.5) is 0 Å². The Labute approximate surface area is 159 Å². The second-order valence-corrected chi connectivity index (χ2v) is 7.67. The highest BCUT2D eigenvalue weighted by Gasteiger charge is 2.42. The van der Waals surface area contributed by atoms with E-state index in [0.717, 1.165) is 12.1 Å². The van der Waals surface area contributed by atoms with Crippen LogP contribution >= 0.6 is 0 Å². The molecule has 1 amide bonds. The van der Waals surface area contributed by atoms with Crippen LogP contribution in [0.3, 0.4) is 0 Å². The second-order valence-electron chi connectivity index (χ2n) is 7.67. The highest BCUT2D eigenvalue weighted by Crippen LogP contribution is 2.42. The van der Waals surface area contributed by atoms with Gasteiger partial charge in [0.25, 0.3) is 5.91 Å². The maximum absolute atomic E-state index is 13.0. The lowest BCUT2D eigenvalue weighted by molar-refractivity contribution is 0.0777. The summed E-state index contributed by atoms with van der Waals surface area (Å²) in [5.74, 6) is 0.876. The van der Waals surface area contributed by atoms with Crippen molar-refractivity contribution in [3.8, 4) is 11.4 Å². The summed E-state index contributed by atoms with van der Waals surface area (Å²) in [6, 6.07) is 14.2. The Morgan fingerprint density at radius 2 is 1.78 bits per heavy atom. The number of hydrogen-bond donors (Lipinski definition) is 0. The molecule has 2 aromatic heterocycles. The van der Waals surface area contributed by atoms with Gasteiger partial charge in [0.2, 0.25) is 0 Å². The van der Waals surface area contributed by atoms with E-state index in [-0.39, 0.29) is 11.3 Å². The van der Waals surface area contributed by atoms with Gasteiger partial charge in [-0.15, -0.1) is 0 Å². The zero-order valence-electron chi connectivity index (χ0n) is 15.5. The van der Waals surface area contributed by atoms with Crippen LogP contribution in [0.25, 0.3) is 11.4 Å². The maximum atomic E-state index is 13.0. The Kier molecular flexibility index (Phi) is 4.44. The van der Waals surface area contributed by atoms with E-state index in [0.29, 0.717) is 23.9 Å². The zero-order chi connectivity index (χ0) is 18.9. The van der Waals surface area contributed by atoms with Crippen molar-refractivity contribution in [2.45, 2.75) is 19.8 Å². The molecule has 3 heterocycles. The number of hydrogen-bond acceptors (Lipinski definition) is 4. The van der Waals surface area contributed by atoms with Crippen LogP contribution in [-0.4, -0.2) is 38.8 Å². The lowest BCUT2D eigenvalue weighted by Gasteiger charge is -2.25. The molecule has 0 spiro atoms. The molecule has 1 saturated heterocycles. The van der Waals surface area contributed by atoms with Gasteiger partial charge in [0.1, 0.15) is 0 Å². The Morgan fingerprint density at radius 1 is 1.04 bits per heavy atom. The van der Waals surface area contributed by atoms with E-state index < -0.39 is 0 Å². The summed E-state index contributed by atoms with van der Waals surface area (Å²) >= 11 is 0. The lowest BCUT2D eigenvalue weighted by atomic mass is 9.78. The second kappa shape index (κ2) is 6.91. The average Bonchev–Trinajstić information content (AvgIpc) is 3.04. The molecule has 5 nitrogen and oxygen atoms in total. The number of nitrogens with zero attached hydrogens (tertiary/aromatic N) is 4. The molecule has 4 rings (SSSR count). The molecule has 0 N–H and O–H groups in total. The summed E-state index contributed by atoms with van der Waals surface area (Å²) < 4.78 is 0. The number of likely N-dealkylation sites (tertiary alicyclic amines) is 1. The third-order valence-electron chi connectivity index (χ3n) is 5.25. The molecule has 5 heteroatoms. The van der Waals surface area contributed by atoms with Crippen LogP contribution in [0.1, 0.15) is 35.7 Å². The van der Waals surface area contributed by atoms with Gasteiger partial charge in [0.15, 0.2) is 5.82 Å². The third-order valence-corrected chi connectivity index (χ3v) is 5.25. The molecule has 1 fully saturated rings. The van der Waals surface area contributed by atoms with E-state index in [1.54, 1.807) is 24.8 Å². The average molecular weight is 358 g/mol. The first kappa shape index (κ1) is 17.3. The SMILES string of the molecule is CC1(C)CN(C(=O)c2cnc(-c3cccnc3)nc2)CC1c1ccccc1. The first-order valence-corrected chi connectivity index (χ1v) is 9.11. The Morgan fingerprint density at radius 3 is 2.44 bits per heavy atom. The predicted octanol–water partition coefficient (Wildman–Crippen LogP) is 3.80. The van der Waals surface area contributed by atoms with Gasteiger partial charge in [-0.1, -0.05) is 44.2 Å². The Hall–Kier alpha value is -3.08. The molecule has 1 unspecified atom stereocenters. The van der Waals surface area contributed by atoms with Crippen LogP contribution in [0.15, 0.2) is 67.3 Å². The number of carbonyl (C=O) groups excluding carboxylic acids is 1. The molecule has 0 saturated carbocycles. The van der Waals surface area contributed by atoms with Gasteiger partial charge in [0.05, 0.1) is 5.56 Å². The molecule has 1 atom stereocenters. The van der Waals surface area contributed by atoms with Gasteiger partial charge in [-0.3, -0.25) is 9.78 Å². The molecule has 1 aliphatic rings. The minimum absolute atomic E-state index is 0.0146. The summed E-state index contributed by atoms with van der Waals surface area (Å²) in [4.78, 5) is 27.7. The summed E-state index contributed by atoms with van der Waals surface area (Å²) in [6.07, 6.45) is 6.64. The predicted molar refractivity (Wildman–Crippen MR) is 104 cm³/mol. The van der Waals surface area contributed by atoms with Crippen molar-refractivity contribution >= 4 is 5.91 Å². The van der Waals surface area contributed by atoms with Crippen molar-refractivity contribution in [3.05, 3.63) is 78.4 Å². The molecule has 3 aromatic rings. The molecule has 0 radical (unpaired) electrons. The van der Waals surface area contributed by atoms with Crippen LogP contribution in [-0.2, 0) is 0 Å². The fourth-order valence-electron chi connectivity index (χ4n) is 3.80. The van der Waals surface area contributed by atoms with Crippen molar-refractivity contribution in [1.29, 1.82) is 0 Å². The van der Waals surface area contributed by atoms with Crippen LogP contribution in [0.5, 0.6) is 0 Å². The zero-order valence-corrected chi connectivity index (χ0v) is 15.5. The third kappa shape index (κ3) is 3.45. The molecular formula is C22H22N4O. The van der Waals surface area contributed by atoms with E-state index in [9.17, 15) is 4.79 Å². The van der Waals surface area contributed by atoms with Gasteiger partial charge >= 0.3 is 0 Å². The minimum atomic E-state index is -0.0146.